The number of carbonyl (C=O) groups is 2. The molecular weight excluding hydrogens is 282 g/mol. The van der Waals surface area contributed by atoms with Crippen LogP contribution in [0.2, 0.25) is 0 Å². The predicted molar refractivity (Wildman–Crippen MR) is 78.4 cm³/mol. The number of nitrogens with zero attached hydrogens (tertiary/aromatic N) is 4. The molecule has 2 N–H and O–H groups in total. The highest BCUT2D eigenvalue weighted by molar-refractivity contribution is 6.01. The zero-order valence-electron chi connectivity index (χ0n) is 12.0. The minimum Gasteiger partial charge on any atom is -0.304 e. The van der Waals surface area contributed by atoms with Crippen LogP contribution >= 0.6 is 12.4 Å². The van der Waals surface area contributed by atoms with Crippen molar-refractivity contribution in [1.82, 2.24) is 19.7 Å². The molecule has 8 heteroatoms. The Morgan fingerprint density at radius 1 is 1.05 bits per heavy atom. The molecule has 0 radical (unpaired) electrons. The van der Waals surface area contributed by atoms with Crippen LogP contribution in [-0.4, -0.2) is 84.5 Å². The number of likely N-dealkylation sites (N-methyl/N-ethyl adjacent to an activating group) is 1. The minimum atomic E-state index is -0.371. The van der Waals surface area contributed by atoms with Gasteiger partial charge in [0, 0.05) is 32.7 Å². The summed E-state index contributed by atoms with van der Waals surface area (Å²) in [4.78, 5) is 29.0. The molecule has 0 atom stereocenters. The number of imide groups is 1. The van der Waals surface area contributed by atoms with Gasteiger partial charge in [0.1, 0.15) is 6.54 Å². The maximum Gasteiger partial charge on any atom is 0.341 e. The molecule has 0 aromatic carbocycles. The molecule has 2 aliphatic rings. The van der Waals surface area contributed by atoms with Crippen molar-refractivity contribution in [3.8, 4) is 0 Å². The average Bonchev–Trinajstić information content (AvgIpc) is 2.62. The van der Waals surface area contributed by atoms with Gasteiger partial charge >= 0.3 is 6.03 Å². The topological polar surface area (TPSA) is 73.1 Å². The van der Waals surface area contributed by atoms with E-state index in [-0.39, 0.29) is 30.9 Å². The first-order valence-corrected chi connectivity index (χ1v) is 6.85. The van der Waals surface area contributed by atoms with Gasteiger partial charge in [0.15, 0.2) is 0 Å². The van der Waals surface area contributed by atoms with Crippen LogP contribution in [0.25, 0.3) is 0 Å². The van der Waals surface area contributed by atoms with Gasteiger partial charge in [-0.3, -0.25) is 14.7 Å². The Bertz CT molecular complexity index is 347. The molecule has 0 aromatic rings. The van der Waals surface area contributed by atoms with Crippen molar-refractivity contribution < 1.29 is 9.59 Å². The van der Waals surface area contributed by atoms with Gasteiger partial charge in [-0.2, -0.15) is 0 Å². The van der Waals surface area contributed by atoms with Gasteiger partial charge in [0.05, 0.1) is 0 Å². The number of carbonyl (C=O) groups excluding carboxylic acids is 2. The van der Waals surface area contributed by atoms with Crippen LogP contribution in [0.5, 0.6) is 0 Å². The number of halogens is 1. The molecular formula is C12H24ClN5O2. The number of hydrogen-bond donors (Lipinski definition) is 1. The Balaban J connectivity index is 0.00000200. The van der Waals surface area contributed by atoms with Crippen molar-refractivity contribution >= 4 is 24.3 Å². The first-order valence-electron chi connectivity index (χ1n) is 6.85. The summed E-state index contributed by atoms with van der Waals surface area (Å²) in [6.07, 6.45) is 1.85. The van der Waals surface area contributed by atoms with E-state index in [9.17, 15) is 9.59 Å². The fraction of sp³-hybridized carbons (Fsp3) is 0.833. The van der Waals surface area contributed by atoms with Gasteiger partial charge < -0.3 is 9.80 Å². The molecule has 0 aliphatic carbocycles. The number of hydrazine groups is 1. The molecule has 2 rings (SSSR count). The summed E-state index contributed by atoms with van der Waals surface area (Å²) in [6.45, 7) is 5.98. The summed E-state index contributed by atoms with van der Waals surface area (Å²) < 4.78 is 0. The molecule has 0 aromatic heterocycles. The second-order valence-electron chi connectivity index (χ2n) is 5.31. The van der Waals surface area contributed by atoms with Crippen LogP contribution < -0.4 is 5.84 Å². The highest BCUT2D eigenvalue weighted by Crippen LogP contribution is 2.08. The smallest absolute Gasteiger partial charge is 0.304 e. The third-order valence-electron chi connectivity index (χ3n) is 3.79. The quantitative estimate of drug-likeness (QED) is 0.323. The molecule has 0 bridgehead atoms. The summed E-state index contributed by atoms with van der Waals surface area (Å²) in [5.41, 5.74) is 0. The third kappa shape index (κ3) is 4.31. The fourth-order valence-electron chi connectivity index (χ4n) is 2.46. The molecule has 2 fully saturated rings. The lowest BCUT2D eigenvalue weighted by Crippen LogP contribution is -2.44. The van der Waals surface area contributed by atoms with Crippen molar-refractivity contribution in [1.29, 1.82) is 0 Å². The summed E-state index contributed by atoms with van der Waals surface area (Å²) in [5, 5.41) is 0.975. The van der Waals surface area contributed by atoms with Crippen LogP contribution in [0.4, 0.5) is 4.79 Å². The summed E-state index contributed by atoms with van der Waals surface area (Å²) in [5.74, 6) is 5.21. The Morgan fingerprint density at radius 2 is 1.65 bits per heavy atom. The maximum atomic E-state index is 11.5. The van der Waals surface area contributed by atoms with Crippen LogP contribution in [-0.2, 0) is 4.79 Å². The van der Waals surface area contributed by atoms with E-state index in [0.717, 1.165) is 50.6 Å². The van der Waals surface area contributed by atoms with Crippen molar-refractivity contribution in [3.05, 3.63) is 0 Å². The lowest BCUT2D eigenvalue weighted by atomic mass is 10.2. The average molecular weight is 306 g/mol. The maximum absolute atomic E-state index is 11.5. The number of piperazine rings is 1. The van der Waals surface area contributed by atoms with Crippen LogP contribution in [0.3, 0.4) is 0 Å². The predicted octanol–water partition coefficient (Wildman–Crippen LogP) is -0.426. The third-order valence-corrected chi connectivity index (χ3v) is 3.79. The standard InChI is InChI=1S/C12H23N5O2.ClH/c1-14-6-8-15(9-7-14)4-2-3-5-16-11(18)10-17(13)12(16)19;/h2-10,13H2,1H3;1H. The minimum absolute atomic E-state index is 0. The molecule has 0 saturated carbocycles. The fourth-order valence-corrected chi connectivity index (χ4v) is 2.46. The zero-order valence-corrected chi connectivity index (χ0v) is 12.8. The van der Waals surface area contributed by atoms with E-state index in [4.69, 9.17) is 5.84 Å². The summed E-state index contributed by atoms with van der Waals surface area (Å²) in [6, 6.07) is -0.371. The lowest BCUT2D eigenvalue weighted by molar-refractivity contribution is -0.125. The molecule has 0 unspecified atom stereocenters. The molecule has 116 valence electrons. The van der Waals surface area contributed by atoms with E-state index in [1.807, 2.05) is 0 Å². The zero-order chi connectivity index (χ0) is 13.8. The number of hydrogen-bond acceptors (Lipinski definition) is 5. The first kappa shape index (κ1) is 17.2. The molecule has 2 heterocycles. The molecule has 20 heavy (non-hydrogen) atoms. The lowest BCUT2D eigenvalue weighted by Gasteiger charge is -2.32. The molecule has 2 saturated heterocycles. The van der Waals surface area contributed by atoms with Crippen molar-refractivity contribution in [2.24, 2.45) is 5.84 Å². The Labute approximate surface area is 126 Å². The van der Waals surface area contributed by atoms with Gasteiger partial charge in [0.25, 0.3) is 5.91 Å². The number of nitrogens with two attached hydrogens (primary N) is 1. The van der Waals surface area contributed by atoms with Crippen molar-refractivity contribution in [2.45, 2.75) is 12.8 Å². The molecule has 2 aliphatic heterocycles. The van der Waals surface area contributed by atoms with Crippen LogP contribution in [0, 0.1) is 0 Å². The van der Waals surface area contributed by atoms with E-state index >= 15 is 0 Å². The summed E-state index contributed by atoms with van der Waals surface area (Å²) in [7, 11) is 2.14. The second-order valence-corrected chi connectivity index (χ2v) is 5.31. The highest BCUT2D eigenvalue weighted by Gasteiger charge is 2.33. The van der Waals surface area contributed by atoms with Gasteiger partial charge in [-0.25, -0.2) is 10.6 Å². The number of unbranched alkanes of at least 4 members (excludes halogenated alkanes) is 1. The SMILES string of the molecule is CN1CCN(CCCCN2C(=O)CN(N)C2=O)CC1.Cl. The Morgan fingerprint density at radius 3 is 2.20 bits per heavy atom. The van der Waals surface area contributed by atoms with E-state index in [1.54, 1.807) is 0 Å². The van der Waals surface area contributed by atoms with Crippen molar-refractivity contribution in [2.75, 3.05) is 52.9 Å². The summed E-state index contributed by atoms with van der Waals surface area (Å²) >= 11 is 0. The molecule has 7 nitrogen and oxygen atoms in total. The van der Waals surface area contributed by atoms with E-state index in [1.165, 1.54) is 4.90 Å². The van der Waals surface area contributed by atoms with Crippen molar-refractivity contribution in [3.63, 3.8) is 0 Å². The van der Waals surface area contributed by atoms with Crippen LogP contribution in [0.1, 0.15) is 12.8 Å². The first-order chi connectivity index (χ1) is 9.08. The molecule has 0 spiro atoms. The molecule has 3 amide bonds. The number of rotatable bonds is 5. The Kier molecular flexibility index (Phi) is 6.67. The normalized spacial score (nSPS) is 21.5. The monoisotopic (exact) mass is 305 g/mol. The van der Waals surface area contributed by atoms with Gasteiger partial charge in [-0.1, -0.05) is 0 Å². The van der Waals surface area contributed by atoms with E-state index < -0.39 is 0 Å². The van der Waals surface area contributed by atoms with Crippen LogP contribution in [0.15, 0.2) is 0 Å². The van der Waals surface area contributed by atoms with E-state index in [2.05, 4.69) is 16.8 Å². The highest BCUT2D eigenvalue weighted by atomic mass is 35.5. The van der Waals surface area contributed by atoms with E-state index in [0.29, 0.717) is 6.54 Å². The van der Waals surface area contributed by atoms with Gasteiger partial charge in [-0.15, -0.1) is 12.4 Å². The second kappa shape index (κ2) is 7.78. The van der Waals surface area contributed by atoms with Gasteiger partial charge in [-0.05, 0) is 26.4 Å². The largest absolute Gasteiger partial charge is 0.341 e. The number of amides is 3. The Hall–Kier alpha value is -0.890. The van der Waals surface area contributed by atoms with Gasteiger partial charge in [0.2, 0.25) is 0 Å². The number of urea groups is 1.